The number of hydrogen-bond donors (Lipinski definition) is 1. The number of Topliss-reactive ketones (excluding diaryl/α,β-unsaturated/α-hetero) is 1. The third-order valence-corrected chi connectivity index (χ3v) is 5.58. The molecule has 0 spiro atoms. The molecule has 4 rings (SSSR count). The van der Waals surface area contributed by atoms with E-state index in [1.54, 1.807) is 66.7 Å². The molecular weight excluding hydrogens is 430 g/mol. The molecule has 1 N–H and O–H groups in total. The highest BCUT2D eigenvalue weighted by molar-refractivity contribution is 6.51. The molecule has 0 aromatic heterocycles. The lowest BCUT2D eigenvalue weighted by atomic mass is 9.94. The molecule has 1 fully saturated rings. The second-order valence-corrected chi connectivity index (χ2v) is 7.56. The number of para-hydroxylation sites is 1. The Labute approximate surface area is 190 Å². The van der Waals surface area contributed by atoms with Gasteiger partial charge in [0.05, 0.1) is 25.8 Å². The van der Waals surface area contributed by atoms with Gasteiger partial charge in [0.1, 0.15) is 17.3 Å². The van der Waals surface area contributed by atoms with Crippen molar-refractivity contribution in [1.82, 2.24) is 0 Å². The number of hydrogen-bond acceptors (Lipinski definition) is 5. The Bertz CT molecular complexity index is 1200. The maximum absolute atomic E-state index is 13.2. The Balaban J connectivity index is 1.98. The van der Waals surface area contributed by atoms with Crippen LogP contribution in [0.5, 0.6) is 11.5 Å². The Morgan fingerprint density at radius 1 is 0.938 bits per heavy atom. The standard InChI is InChI=1S/C25H20ClNO5/c1-31-18-12-13-19(20(14-18)32-2)22-21(23(28)15-8-10-16(26)11-9-15)24(29)25(30)27(22)17-6-4-3-5-7-17/h3-14,22,28H,1-2H3/t22-/m0/s1. The summed E-state index contributed by atoms with van der Waals surface area (Å²) in [4.78, 5) is 27.7. The van der Waals surface area contributed by atoms with Gasteiger partial charge in [-0.15, -0.1) is 0 Å². The average molecular weight is 450 g/mol. The van der Waals surface area contributed by atoms with Crippen LogP contribution in [0.4, 0.5) is 5.69 Å². The van der Waals surface area contributed by atoms with Gasteiger partial charge in [0, 0.05) is 27.9 Å². The summed E-state index contributed by atoms with van der Waals surface area (Å²) in [5, 5.41) is 11.6. The molecule has 32 heavy (non-hydrogen) atoms. The third-order valence-electron chi connectivity index (χ3n) is 5.33. The molecule has 162 valence electrons. The van der Waals surface area contributed by atoms with E-state index in [1.807, 2.05) is 6.07 Å². The van der Waals surface area contributed by atoms with Crippen molar-refractivity contribution in [2.24, 2.45) is 0 Å². The third kappa shape index (κ3) is 3.69. The van der Waals surface area contributed by atoms with Crippen LogP contribution in [-0.4, -0.2) is 31.0 Å². The summed E-state index contributed by atoms with van der Waals surface area (Å²) < 4.78 is 10.8. The summed E-state index contributed by atoms with van der Waals surface area (Å²) in [6, 6.07) is 19.4. The predicted octanol–water partition coefficient (Wildman–Crippen LogP) is 4.98. The van der Waals surface area contributed by atoms with Crippen molar-refractivity contribution in [2.45, 2.75) is 6.04 Å². The number of methoxy groups -OCH3 is 2. The van der Waals surface area contributed by atoms with Crippen LogP contribution in [0, 0.1) is 0 Å². The normalized spacial score (nSPS) is 17.5. The van der Waals surface area contributed by atoms with Crippen molar-refractivity contribution in [3.8, 4) is 11.5 Å². The lowest BCUT2D eigenvalue weighted by Crippen LogP contribution is -2.29. The maximum atomic E-state index is 13.2. The van der Waals surface area contributed by atoms with Gasteiger partial charge >= 0.3 is 0 Å². The van der Waals surface area contributed by atoms with E-state index in [0.717, 1.165) is 0 Å². The molecule has 1 heterocycles. The number of amides is 1. The number of benzene rings is 3. The number of anilines is 1. The highest BCUT2D eigenvalue weighted by Gasteiger charge is 2.48. The highest BCUT2D eigenvalue weighted by Crippen LogP contribution is 2.45. The first-order chi connectivity index (χ1) is 15.5. The molecule has 0 radical (unpaired) electrons. The largest absolute Gasteiger partial charge is 0.507 e. The zero-order valence-corrected chi connectivity index (χ0v) is 18.2. The molecule has 0 saturated carbocycles. The number of aliphatic hydroxyl groups is 1. The van der Waals surface area contributed by atoms with Gasteiger partial charge in [-0.05, 0) is 48.5 Å². The van der Waals surface area contributed by atoms with Crippen LogP contribution in [-0.2, 0) is 9.59 Å². The fourth-order valence-corrected chi connectivity index (χ4v) is 3.92. The monoisotopic (exact) mass is 449 g/mol. The van der Waals surface area contributed by atoms with Gasteiger partial charge < -0.3 is 14.6 Å². The Kier molecular flexibility index (Phi) is 5.88. The molecule has 0 unspecified atom stereocenters. The lowest BCUT2D eigenvalue weighted by Gasteiger charge is -2.26. The molecule has 6 nitrogen and oxygen atoms in total. The van der Waals surface area contributed by atoms with Crippen LogP contribution >= 0.6 is 11.6 Å². The summed E-state index contributed by atoms with van der Waals surface area (Å²) in [7, 11) is 3.02. The number of ketones is 1. The van der Waals surface area contributed by atoms with Gasteiger partial charge in [-0.1, -0.05) is 29.8 Å². The number of carbonyl (C=O) groups is 2. The molecule has 1 saturated heterocycles. The molecule has 1 aliphatic rings. The zero-order chi connectivity index (χ0) is 22.8. The fraction of sp³-hybridized carbons (Fsp3) is 0.120. The van der Waals surface area contributed by atoms with Crippen LogP contribution < -0.4 is 14.4 Å². The Hall–Kier alpha value is -3.77. The van der Waals surface area contributed by atoms with Crippen LogP contribution in [0.1, 0.15) is 17.2 Å². The number of nitrogens with zero attached hydrogens (tertiary/aromatic N) is 1. The number of ether oxygens (including phenoxy) is 2. The average Bonchev–Trinajstić information content (AvgIpc) is 3.09. The van der Waals surface area contributed by atoms with Crippen molar-refractivity contribution in [2.75, 3.05) is 19.1 Å². The van der Waals surface area contributed by atoms with Gasteiger partial charge in [0.25, 0.3) is 11.7 Å². The van der Waals surface area contributed by atoms with E-state index in [9.17, 15) is 14.7 Å². The van der Waals surface area contributed by atoms with Crippen LogP contribution in [0.25, 0.3) is 5.76 Å². The first kappa shape index (κ1) is 21.5. The minimum atomic E-state index is -0.908. The zero-order valence-electron chi connectivity index (χ0n) is 17.4. The summed E-state index contributed by atoms with van der Waals surface area (Å²) >= 11 is 5.97. The van der Waals surface area contributed by atoms with E-state index in [2.05, 4.69) is 0 Å². The van der Waals surface area contributed by atoms with Crippen LogP contribution in [0.15, 0.2) is 78.4 Å². The maximum Gasteiger partial charge on any atom is 0.300 e. The van der Waals surface area contributed by atoms with E-state index in [4.69, 9.17) is 21.1 Å². The smallest absolute Gasteiger partial charge is 0.300 e. The van der Waals surface area contributed by atoms with E-state index in [-0.39, 0.29) is 11.3 Å². The first-order valence-electron chi connectivity index (χ1n) is 9.80. The highest BCUT2D eigenvalue weighted by atomic mass is 35.5. The number of aliphatic hydroxyl groups excluding tert-OH is 1. The van der Waals surface area contributed by atoms with Crippen molar-refractivity contribution < 1.29 is 24.2 Å². The number of carbonyl (C=O) groups excluding carboxylic acids is 2. The number of rotatable bonds is 5. The first-order valence-corrected chi connectivity index (χ1v) is 10.2. The van der Waals surface area contributed by atoms with Crippen molar-refractivity contribution in [3.63, 3.8) is 0 Å². The molecule has 7 heteroatoms. The van der Waals surface area contributed by atoms with E-state index < -0.39 is 17.7 Å². The van der Waals surface area contributed by atoms with Crippen molar-refractivity contribution in [3.05, 3.63) is 94.5 Å². The minimum absolute atomic E-state index is 0.0374. The minimum Gasteiger partial charge on any atom is -0.507 e. The van der Waals surface area contributed by atoms with Crippen molar-refractivity contribution >= 4 is 34.7 Å². The molecule has 1 atom stereocenters. The Morgan fingerprint density at radius 2 is 1.62 bits per heavy atom. The number of halogens is 1. The topological polar surface area (TPSA) is 76.1 Å². The molecule has 1 amide bonds. The summed E-state index contributed by atoms with van der Waals surface area (Å²) in [6.07, 6.45) is 0. The van der Waals surface area contributed by atoms with Gasteiger partial charge in [0.15, 0.2) is 0 Å². The molecule has 3 aromatic carbocycles. The van der Waals surface area contributed by atoms with Gasteiger partial charge in [-0.3, -0.25) is 14.5 Å². The van der Waals surface area contributed by atoms with Gasteiger partial charge in [-0.25, -0.2) is 0 Å². The molecule has 0 bridgehead atoms. The summed E-state index contributed by atoms with van der Waals surface area (Å²) in [5.41, 5.74) is 1.39. The summed E-state index contributed by atoms with van der Waals surface area (Å²) in [5.74, 6) is -0.848. The molecule has 3 aromatic rings. The second-order valence-electron chi connectivity index (χ2n) is 7.12. The van der Waals surface area contributed by atoms with Crippen LogP contribution in [0.2, 0.25) is 5.02 Å². The van der Waals surface area contributed by atoms with E-state index in [1.165, 1.54) is 19.1 Å². The van der Waals surface area contributed by atoms with Gasteiger partial charge in [0.2, 0.25) is 0 Å². The molecular formula is C25H20ClNO5. The predicted molar refractivity (Wildman–Crippen MR) is 122 cm³/mol. The van der Waals surface area contributed by atoms with Gasteiger partial charge in [-0.2, -0.15) is 0 Å². The molecule has 0 aliphatic carbocycles. The Morgan fingerprint density at radius 3 is 2.25 bits per heavy atom. The van der Waals surface area contributed by atoms with E-state index >= 15 is 0 Å². The summed E-state index contributed by atoms with van der Waals surface area (Å²) in [6.45, 7) is 0. The van der Waals surface area contributed by atoms with Crippen LogP contribution in [0.3, 0.4) is 0 Å². The molecule has 1 aliphatic heterocycles. The van der Waals surface area contributed by atoms with Crippen molar-refractivity contribution in [1.29, 1.82) is 0 Å². The lowest BCUT2D eigenvalue weighted by molar-refractivity contribution is -0.132. The van der Waals surface area contributed by atoms with E-state index in [0.29, 0.717) is 33.3 Å². The SMILES string of the molecule is COc1ccc([C@H]2C(=C(O)c3ccc(Cl)cc3)C(=O)C(=O)N2c2ccccc2)c(OC)c1. The quantitative estimate of drug-likeness (QED) is 0.337. The second kappa shape index (κ2) is 8.77. The fourth-order valence-electron chi connectivity index (χ4n) is 3.79.